The molecule has 6 nitrogen and oxygen atoms in total. The van der Waals surface area contributed by atoms with Gasteiger partial charge < -0.3 is 14.2 Å². The molecule has 0 bridgehead atoms. The minimum atomic E-state index is -0.833. The van der Waals surface area contributed by atoms with Crippen molar-refractivity contribution in [2.24, 2.45) is 0 Å². The molecule has 0 aliphatic carbocycles. The van der Waals surface area contributed by atoms with Crippen molar-refractivity contribution in [3.8, 4) is 0 Å². The molecule has 6 heteroatoms. The zero-order valence-corrected chi connectivity index (χ0v) is 38.7. The largest absolute Gasteiger partial charge is 0.462 e. The lowest BCUT2D eigenvalue weighted by atomic mass is 10.1. The Morgan fingerprint density at radius 2 is 0.700 bits per heavy atom. The first-order valence-electron chi connectivity index (χ1n) is 24.2. The van der Waals surface area contributed by atoms with Crippen LogP contribution in [0.2, 0.25) is 0 Å². The summed E-state index contributed by atoms with van der Waals surface area (Å²) in [4.78, 5) is 37.8. The number of rotatable bonds is 42. The van der Waals surface area contributed by atoms with Gasteiger partial charge in [-0.1, -0.05) is 182 Å². The van der Waals surface area contributed by atoms with Crippen LogP contribution in [0, 0.1) is 0 Å². The fourth-order valence-corrected chi connectivity index (χ4v) is 6.17. The summed E-state index contributed by atoms with van der Waals surface area (Å²) in [5.74, 6) is -1.07. The van der Waals surface area contributed by atoms with Gasteiger partial charge in [-0.25, -0.2) is 0 Å². The molecular weight excluding hydrogens is 745 g/mol. The Kier molecular flexibility index (Phi) is 45.1. The van der Waals surface area contributed by atoms with Crippen LogP contribution in [0.1, 0.15) is 207 Å². The van der Waals surface area contributed by atoms with Gasteiger partial charge in [0.2, 0.25) is 0 Å². The van der Waals surface area contributed by atoms with E-state index in [4.69, 9.17) is 14.2 Å². The number of hydrogen-bond acceptors (Lipinski definition) is 6. The number of unbranched alkanes of at least 4 members (excludes halogenated alkanes) is 15. The Bertz CT molecular complexity index is 1230. The van der Waals surface area contributed by atoms with Gasteiger partial charge in [-0.15, -0.1) is 0 Å². The summed E-state index contributed by atoms with van der Waals surface area (Å²) in [6.45, 7) is 6.36. The van der Waals surface area contributed by atoms with Crippen LogP contribution in [-0.2, 0) is 28.6 Å². The molecule has 0 saturated carbocycles. The van der Waals surface area contributed by atoms with Gasteiger partial charge in [0, 0.05) is 19.3 Å². The lowest BCUT2D eigenvalue weighted by molar-refractivity contribution is -0.166. The van der Waals surface area contributed by atoms with Gasteiger partial charge in [-0.3, -0.25) is 14.4 Å². The number of ether oxygens (including phenoxy) is 3. The number of hydrogen-bond donors (Lipinski definition) is 0. The van der Waals surface area contributed by atoms with E-state index in [0.717, 1.165) is 83.5 Å². The topological polar surface area (TPSA) is 78.9 Å². The summed E-state index contributed by atoms with van der Waals surface area (Å²) in [5.41, 5.74) is 0. The van der Waals surface area contributed by atoms with Crippen LogP contribution >= 0.6 is 0 Å². The van der Waals surface area contributed by atoms with Crippen LogP contribution in [0.15, 0.2) is 97.2 Å². The summed E-state index contributed by atoms with van der Waals surface area (Å²) in [5, 5.41) is 0. The number of carbonyl (C=O) groups excluding carboxylic acids is 3. The van der Waals surface area contributed by atoms with E-state index >= 15 is 0 Å². The zero-order valence-electron chi connectivity index (χ0n) is 38.7. The number of carbonyl (C=O) groups is 3. The average Bonchev–Trinajstić information content (AvgIpc) is 3.24. The molecule has 340 valence electrons. The normalized spacial score (nSPS) is 12.9. The van der Waals surface area contributed by atoms with Gasteiger partial charge in [-0.05, 0) is 103 Å². The highest BCUT2D eigenvalue weighted by molar-refractivity contribution is 5.71. The standard InChI is InChI=1S/C54H88O6/c1-4-7-10-13-16-19-22-25-26-27-28-30-32-35-38-41-44-47-53(56)59-50-51(49-58-52(55)46-43-40-37-34-31-24-21-18-15-12-9-6-3)60-54(57)48-45-42-39-36-33-29-23-20-17-14-11-8-5-2/h7,10,16,18-19,21,25-26,28-30,33,35,38-39,42,51H,4-6,8-9,11-15,17,20,22-24,27,31-32,34,36-37,40-41,43-50H2,1-3H3/b10-7-,19-16-,21-18-,26-25-,30-28-,33-29-,38-35-,42-39-. The minimum absolute atomic E-state index is 0.123. The molecule has 0 amide bonds. The molecule has 0 aromatic heterocycles. The second kappa shape index (κ2) is 48.0. The Hall–Kier alpha value is -3.67. The first kappa shape index (κ1) is 56.3. The van der Waals surface area contributed by atoms with E-state index in [9.17, 15) is 14.4 Å². The zero-order chi connectivity index (χ0) is 43.7. The first-order chi connectivity index (χ1) is 29.5. The van der Waals surface area contributed by atoms with Gasteiger partial charge in [0.05, 0.1) is 0 Å². The molecule has 0 N–H and O–H groups in total. The summed E-state index contributed by atoms with van der Waals surface area (Å²) in [6, 6.07) is 0. The first-order valence-corrected chi connectivity index (χ1v) is 24.2. The number of allylic oxidation sites excluding steroid dienone is 16. The summed E-state index contributed by atoms with van der Waals surface area (Å²) in [6.07, 6.45) is 62.6. The molecule has 60 heavy (non-hydrogen) atoms. The van der Waals surface area contributed by atoms with Crippen molar-refractivity contribution in [1.29, 1.82) is 0 Å². The van der Waals surface area contributed by atoms with Crippen LogP contribution in [0.3, 0.4) is 0 Å². The minimum Gasteiger partial charge on any atom is -0.462 e. The second-order valence-electron chi connectivity index (χ2n) is 15.6. The van der Waals surface area contributed by atoms with Crippen LogP contribution in [0.4, 0.5) is 0 Å². The lowest BCUT2D eigenvalue weighted by Gasteiger charge is -2.18. The quantitative estimate of drug-likeness (QED) is 0.0264. The van der Waals surface area contributed by atoms with Gasteiger partial charge in [-0.2, -0.15) is 0 Å². The van der Waals surface area contributed by atoms with Crippen molar-refractivity contribution in [1.82, 2.24) is 0 Å². The Morgan fingerprint density at radius 3 is 1.20 bits per heavy atom. The van der Waals surface area contributed by atoms with Crippen molar-refractivity contribution in [3.63, 3.8) is 0 Å². The molecule has 0 aliphatic rings. The van der Waals surface area contributed by atoms with Crippen LogP contribution in [-0.4, -0.2) is 37.2 Å². The van der Waals surface area contributed by atoms with E-state index in [1.54, 1.807) is 0 Å². The second-order valence-corrected chi connectivity index (χ2v) is 15.6. The fourth-order valence-electron chi connectivity index (χ4n) is 6.17. The molecule has 0 saturated heterocycles. The van der Waals surface area contributed by atoms with E-state index in [-0.39, 0.29) is 38.0 Å². The lowest BCUT2D eigenvalue weighted by Crippen LogP contribution is -2.30. The molecule has 0 rings (SSSR count). The molecule has 1 unspecified atom stereocenters. The van der Waals surface area contributed by atoms with Crippen molar-refractivity contribution < 1.29 is 28.6 Å². The molecule has 0 aliphatic heterocycles. The van der Waals surface area contributed by atoms with Crippen molar-refractivity contribution >= 4 is 17.9 Å². The summed E-state index contributed by atoms with van der Waals surface area (Å²) in [7, 11) is 0. The van der Waals surface area contributed by atoms with E-state index in [1.807, 2.05) is 6.08 Å². The maximum Gasteiger partial charge on any atom is 0.306 e. The van der Waals surface area contributed by atoms with Crippen LogP contribution in [0.5, 0.6) is 0 Å². The van der Waals surface area contributed by atoms with Crippen molar-refractivity contribution in [2.45, 2.75) is 213 Å². The van der Waals surface area contributed by atoms with E-state index < -0.39 is 12.1 Å². The van der Waals surface area contributed by atoms with Crippen LogP contribution < -0.4 is 0 Å². The van der Waals surface area contributed by atoms with Gasteiger partial charge in [0.25, 0.3) is 0 Å². The van der Waals surface area contributed by atoms with E-state index in [2.05, 4.69) is 112 Å². The van der Waals surface area contributed by atoms with E-state index in [1.165, 1.54) is 70.6 Å². The average molecular weight is 833 g/mol. The molecule has 0 heterocycles. The van der Waals surface area contributed by atoms with E-state index in [0.29, 0.717) is 19.3 Å². The molecule has 0 fully saturated rings. The maximum atomic E-state index is 12.7. The summed E-state index contributed by atoms with van der Waals surface area (Å²) < 4.78 is 16.6. The monoisotopic (exact) mass is 833 g/mol. The molecule has 0 aromatic carbocycles. The Balaban J connectivity index is 4.56. The number of esters is 3. The molecule has 0 radical (unpaired) electrons. The predicted octanol–water partition coefficient (Wildman–Crippen LogP) is 15.8. The Labute approximate surface area is 368 Å². The fraction of sp³-hybridized carbons (Fsp3) is 0.648. The third-order valence-corrected chi connectivity index (χ3v) is 9.81. The molecule has 0 aromatic rings. The summed E-state index contributed by atoms with van der Waals surface area (Å²) >= 11 is 0. The highest BCUT2D eigenvalue weighted by atomic mass is 16.6. The van der Waals surface area contributed by atoms with Crippen molar-refractivity contribution in [3.05, 3.63) is 97.2 Å². The highest BCUT2D eigenvalue weighted by Crippen LogP contribution is 2.11. The van der Waals surface area contributed by atoms with Gasteiger partial charge >= 0.3 is 17.9 Å². The van der Waals surface area contributed by atoms with Crippen molar-refractivity contribution in [2.75, 3.05) is 13.2 Å². The van der Waals surface area contributed by atoms with Gasteiger partial charge in [0.15, 0.2) is 6.10 Å². The highest BCUT2D eigenvalue weighted by Gasteiger charge is 2.19. The molecule has 1 atom stereocenters. The predicted molar refractivity (Wildman–Crippen MR) is 256 cm³/mol. The third kappa shape index (κ3) is 45.4. The molecule has 0 spiro atoms. The molecular formula is C54H88O6. The third-order valence-electron chi connectivity index (χ3n) is 9.81. The smallest absolute Gasteiger partial charge is 0.306 e. The SMILES string of the molecule is CC/C=C\C/C=C\C/C=C\C/C=C\C/C=C\CCCC(=O)OCC(COC(=O)CCCCCCC/C=C\CCCCC)OC(=O)CC/C=C\C/C=C\CCCCCCCC. The maximum absolute atomic E-state index is 12.7. The van der Waals surface area contributed by atoms with Gasteiger partial charge in [0.1, 0.15) is 13.2 Å². The van der Waals surface area contributed by atoms with Crippen LogP contribution in [0.25, 0.3) is 0 Å². The Morgan fingerprint density at radius 1 is 0.350 bits per heavy atom.